The maximum atomic E-state index is 10.5. The quantitative estimate of drug-likeness (QED) is 0.337. The molecule has 2 N–H and O–H groups in total. The van der Waals surface area contributed by atoms with E-state index in [1.807, 2.05) is 0 Å². The molecule has 0 aromatic heterocycles. The Bertz CT molecular complexity index is 351. The van der Waals surface area contributed by atoms with Gasteiger partial charge in [0, 0.05) is 6.61 Å². The third-order valence-electron chi connectivity index (χ3n) is 2.84. The van der Waals surface area contributed by atoms with Gasteiger partial charge in [-0.3, -0.25) is 4.57 Å². The molecule has 0 rings (SSSR count). The Morgan fingerprint density at radius 1 is 1.05 bits per heavy atom. The van der Waals surface area contributed by atoms with Crippen LogP contribution in [-0.4, -0.2) is 22.7 Å². The van der Waals surface area contributed by atoms with Gasteiger partial charge in [0.2, 0.25) is 0 Å². The average Bonchev–Trinajstić information content (AvgIpc) is 2.30. The summed E-state index contributed by atoms with van der Waals surface area (Å²) in [6, 6.07) is 0. The van der Waals surface area contributed by atoms with E-state index in [0.29, 0.717) is 6.61 Å². The van der Waals surface area contributed by atoms with Gasteiger partial charge in [-0.25, -0.2) is 0 Å². The van der Waals surface area contributed by atoms with Crippen molar-refractivity contribution in [1.82, 2.24) is 0 Å². The maximum absolute atomic E-state index is 10.5. The summed E-state index contributed by atoms with van der Waals surface area (Å²) in [5.41, 5.74) is 2.80. The van der Waals surface area contributed by atoms with Crippen molar-refractivity contribution in [3.63, 3.8) is 0 Å². The van der Waals surface area contributed by atoms with Crippen LogP contribution < -0.4 is 0 Å². The number of unbranched alkanes of at least 4 members (excludes halogenated alkanes) is 3. The summed E-state index contributed by atoms with van der Waals surface area (Å²) >= 11 is 0. The molecule has 0 aromatic rings. The highest BCUT2D eigenvalue weighted by molar-refractivity contribution is 7.51. The SMILES string of the molecule is CC(C)=CCCC(C)=CCCCCCOCP(=O)(O)O. The number of rotatable bonds is 11. The summed E-state index contributed by atoms with van der Waals surface area (Å²) in [5.74, 6) is 0. The van der Waals surface area contributed by atoms with Crippen molar-refractivity contribution >= 4 is 7.60 Å². The fraction of sp³-hybridized carbons (Fsp3) is 0.733. The largest absolute Gasteiger partial charge is 0.369 e. The van der Waals surface area contributed by atoms with Crippen LogP contribution >= 0.6 is 7.60 Å². The number of allylic oxidation sites excluding steroid dienone is 4. The lowest BCUT2D eigenvalue weighted by Gasteiger charge is -2.05. The first-order valence-electron chi connectivity index (χ1n) is 7.22. The van der Waals surface area contributed by atoms with Gasteiger partial charge in [0.15, 0.2) is 0 Å². The third kappa shape index (κ3) is 15.6. The molecule has 0 bridgehead atoms. The fourth-order valence-corrected chi connectivity index (χ4v) is 2.11. The van der Waals surface area contributed by atoms with Gasteiger partial charge in [0.05, 0.1) is 0 Å². The highest BCUT2D eigenvalue weighted by Crippen LogP contribution is 2.33. The number of hydrogen-bond donors (Lipinski definition) is 2. The van der Waals surface area contributed by atoms with Crippen LogP contribution in [0.4, 0.5) is 0 Å². The minimum atomic E-state index is -3.99. The summed E-state index contributed by atoms with van der Waals surface area (Å²) in [6.45, 7) is 6.83. The van der Waals surface area contributed by atoms with Crippen molar-refractivity contribution < 1.29 is 19.1 Å². The molecule has 0 saturated heterocycles. The monoisotopic (exact) mass is 304 g/mol. The van der Waals surface area contributed by atoms with Crippen molar-refractivity contribution in [3.05, 3.63) is 23.3 Å². The Balaban J connectivity index is 3.47. The van der Waals surface area contributed by atoms with Crippen molar-refractivity contribution in [2.75, 3.05) is 13.0 Å². The number of ether oxygens (including phenoxy) is 1. The van der Waals surface area contributed by atoms with Crippen LogP contribution in [0.3, 0.4) is 0 Å². The van der Waals surface area contributed by atoms with Crippen molar-refractivity contribution in [2.24, 2.45) is 0 Å². The van der Waals surface area contributed by atoms with Crippen molar-refractivity contribution in [2.45, 2.75) is 59.3 Å². The summed E-state index contributed by atoms with van der Waals surface area (Å²) in [4.78, 5) is 17.2. The summed E-state index contributed by atoms with van der Waals surface area (Å²) < 4.78 is 15.4. The molecule has 0 aromatic carbocycles. The first kappa shape index (κ1) is 19.6. The molecule has 0 aliphatic carbocycles. The van der Waals surface area contributed by atoms with E-state index in [1.165, 1.54) is 11.1 Å². The lowest BCUT2D eigenvalue weighted by Crippen LogP contribution is -1.97. The van der Waals surface area contributed by atoms with Crippen LogP contribution in [0.15, 0.2) is 23.3 Å². The molecule has 0 radical (unpaired) electrons. The molecule has 0 aliphatic rings. The Morgan fingerprint density at radius 3 is 2.35 bits per heavy atom. The Hall–Kier alpha value is -0.410. The minimum Gasteiger partial charge on any atom is -0.369 e. The van der Waals surface area contributed by atoms with Crippen LogP contribution in [0.5, 0.6) is 0 Å². The molecule has 4 nitrogen and oxygen atoms in total. The molecule has 0 saturated carbocycles. The molecule has 0 fully saturated rings. The van der Waals surface area contributed by atoms with E-state index in [4.69, 9.17) is 14.5 Å². The van der Waals surface area contributed by atoms with Gasteiger partial charge in [-0.05, 0) is 52.9 Å². The van der Waals surface area contributed by atoms with E-state index < -0.39 is 13.9 Å². The molecule has 0 aliphatic heterocycles. The zero-order valence-electron chi connectivity index (χ0n) is 13.0. The van der Waals surface area contributed by atoms with Crippen molar-refractivity contribution in [1.29, 1.82) is 0 Å². The number of hydrogen-bond acceptors (Lipinski definition) is 2. The van der Waals surface area contributed by atoms with E-state index in [1.54, 1.807) is 0 Å². The molecular weight excluding hydrogens is 275 g/mol. The molecule has 0 amide bonds. The summed E-state index contributed by atoms with van der Waals surface area (Å²) in [5, 5.41) is 0. The molecule has 20 heavy (non-hydrogen) atoms. The van der Waals surface area contributed by atoms with Crippen LogP contribution in [-0.2, 0) is 9.30 Å². The zero-order chi connectivity index (χ0) is 15.4. The average molecular weight is 304 g/mol. The standard InChI is InChI=1S/C15H29O4P/c1-14(2)9-8-11-15(3)10-6-4-5-7-12-19-13-20(16,17)18/h9-10H,4-8,11-13H2,1-3H3,(H2,16,17,18). The zero-order valence-corrected chi connectivity index (χ0v) is 13.9. The smallest absolute Gasteiger partial charge is 0.350 e. The fourth-order valence-electron chi connectivity index (χ4n) is 1.75. The van der Waals surface area contributed by atoms with Crippen LogP contribution in [0.2, 0.25) is 0 Å². The maximum Gasteiger partial charge on any atom is 0.350 e. The first-order valence-corrected chi connectivity index (χ1v) is 9.02. The molecule has 0 atom stereocenters. The molecule has 0 unspecified atom stereocenters. The lowest BCUT2D eigenvalue weighted by atomic mass is 10.1. The highest BCUT2D eigenvalue weighted by Gasteiger charge is 2.11. The predicted octanol–water partition coefficient (Wildman–Crippen LogP) is 4.39. The van der Waals surface area contributed by atoms with Gasteiger partial charge >= 0.3 is 7.60 Å². The minimum absolute atomic E-state index is 0.425. The van der Waals surface area contributed by atoms with Gasteiger partial charge in [0.25, 0.3) is 0 Å². The van der Waals surface area contributed by atoms with Crippen molar-refractivity contribution in [3.8, 4) is 0 Å². The molecular formula is C15H29O4P. The van der Waals surface area contributed by atoms with Crippen LogP contribution in [0.25, 0.3) is 0 Å². The second kappa shape index (κ2) is 11.3. The van der Waals surface area contributed by atoms with E-state index >= 15 is 0 Å². The topological polar surface area (TPSA) is 66.8 Å². The van der Waals surface area contributed by atoms with Gasteiger partial charge in [0.1, 0.15) is 6.35 Å². The van der Waals surface area contributed by atoms with Gasteiger partial charge in [-0.1, -0.05) is 29.7 Å². The van der Waals surface area contributed by atoms with Gasteiger partial charge in [-0.15, -0.1) is 0 Å². The Labute approximate surface area is 123 Å². The Kier molecular flexibility index (Phi) is 11.0. The third-order valence-corrected chi connectivity index (χ3v) is 3.36. The van der Waals surface area contributed by atoms with E-state index in [2.05, 4.69) is 32.9 Å². The first-order chi connectivity index (χ1) is 9.31. The van der Waals surface area contributed by atoms with Crippen LogP contribution in [0, 0.1) is 0 Å². The Morgan fingerprint density at radius 2 is 1.75 bits per heavy atom. The molecule has 118 valence electrons. The van der Waals surface area contributed by atoms with Crippen LogP contribution in [0.1, 0.15) is 59.3 Å². The molecule has 5 heteroatoms. The second-order valence-corrected chi connectivity index (χ2v) is 7.01. The summed E-state index contributed by atoms with van der Waals surface area (Å²) in [7, 11) is -3.99. The van der Waals surface area contributed by atoms with E-state index in [-0.39, 0.29) is 0 Å². The predicted molar refractivity (Wildman–Crippen MR) is 83.8 cm³/mol. The van der Waals surface area contributed by atoms with Gasteiger partial charge in [-0.2, -0.15) is 0 Å². The van der Waals surface area contributed by atoms with E-state index in [9.17, 15) is 4.57 Å². The normalized spacial score (nSPS) is 12.6. The molecule has 0 spiro atoms. The second-order valence-electron chi connectivity index (χ2n) is 5.42. The molecule has 0 heterocycles. The van der Waals surface area contributed by atoms with E-state index in [0.717, 1.165) is 38.5 Å². The highest BCUT2D eigenvalue weighted by atomic mass is 31.2. The van der Waals surface area contributed by atoms with Gasteiger partial charge < -0.3 is 14.5 Å². The summed E-state index contributed by atoms with van der Waals surface area (Å²) in [6.07, 6.45) is 10.4. The lowest BCUT2D eigenvalue weighted by molar-refractivity contribution is 0.152.